The number of para-hydroxylation sites is 1. The summed E-state index contributed by atoms with van der Waals surface area (Å²) in [6.07, 6.45) is 1.01. The van der Waals surface area contributed by atoms with Crippen LogP contribution in [0.2, 0.25) is 0 Å². The van der Waals surface area contributed by atoms with Crippen molar-refractivity contribution < 1.29 is 19.4 Å². The Balaban J connectivity index is 2.94. The van der Waals surface area contributed by atoms with Gasteiger partial charge in [-0.3, -0.25) is 0 Å². The zero-order chi connectivity index (χ0) is 13.8. The number of benzene rings is 1. The first-order valence-electron chi connectivity index (χ1n) is 5.91. The van der Waals surface area contributed by atoms with Crippen LogP contribution in [0, 0.1) is 5.82 Å². The molecule has 1 aromatic carbocycles. The predicted molar refractivity (Wildman–Crippen MR) is 67.4 cm³/mol. The molecule has 1 rings (SSSR count). The normalized spacial score (nSPS) is 11.3. The van der Waals surface area contributed by atoms with Crippen molar-refractivity contribution in [2.75, 3.05) is 11.9 Å². The molecule has 0 spiro atoms. The number of nitrogens with one attached hydrogen (secondary N) is 1. The van der Waals surface area contributed by atoms with Crippen molar-refractivity contribution in [2.24, 2.45) is 0 Å². The van der Waals surface area contributed by atoms with Gasteiger partial charge in [0.05, 0.1) is 16.9 Å². The van der Waals surface area contributed by atoms with E-state index in [1.54, 1.807) is 0 Å². The van der Waals surface area contributed by atoms with Gasteiger partial charge in [-0.25, -0.2) is 9.18 Å². The number of carboxylic acids is 1. The summed E-state index contributed by atoms with van der Waals surface area (Å²) in [6, 6.07) is 3.85. The molecule has 0 aliphatic heterocycles. The molecule has 0 unspecified atom stereocenters. The van der Waals surface area contributed by atoms with E-state index in [0.717, 1.165) is 0 Å². The van der Waals surface area contributed by atoms with E-state index < -0.39 is 17.4 Å². The molecule has 0 radical (unpaired) electrons. The lowest BCUT2D eigenvalue weighted by atomic mass is 9.97. The summed E-state index contributed by atoms with van der Waals surface area (Å²) in [5.74, 6) is -1.84. The van der Waals surface area contributed by atoms with Crippen LogP contribution in [0.4, 0.5) is 10.1 Å². The van der Waals surface area contributed by atoms with Crippen LogP contribution in [0.25, 0.3) is 0 Å². The molecular formula is C13H18FNO3. The molecule has 0 amide bonds. The first-order valence-corrected chi connectivity index (χ1v) is 5.91. The van der Waals surface area contributed by atoms with Gasteiger partial charge in [0.15, 0.2) is 0 Å². The molecule has 0 atom stereocenters. The van der Waals surface area contributed by atoms with Gasteiger partial charge < -0.3 is 15.5 Å². The van der Waals surface area contributed by atoms with E-state index in [4.69, 9.17) is 5.11 Å². The van der Waals surface area contributed by atoms with Crippen molar-refractivity contribution in [3.8, 4) is 0 Å². The minimum absolute atomic E-state index is 0.0784. The standard InChI is InChI=1S/C13H18FNO3/c1-3-13(18,4-2)8-15-11-9(12(16)17)6-5-7-10(11)14/h5-7,15,18H,3-4,8H2,1-2H3,(H,16,17). The third-order valence-corrected chi connectivity index (χ3v) is 3.15. The zero-order valence-corrected chi connectivity index (χ0v) is 10.5. The van der Waals surface area contributed by atoms with Crippen LogP contribution < -0.4 is 5.32 Å². The van der Waals surface area contributed by atoms with Crippen LogP contribution in [0.3, 0.4) is 0 Å². The molecule has 0 saturated heterocycles. The fraction of sp³-hybridized carbons (Fsp3) is 0.462. The Labute approximate surface area is 105 Å². The molecule has 5 heteroatoms. The highest BCUT2D eigenvalue weighted by atomic mass is 19.1. The van der Waals surface area contributed by atoms with Crippen LogP contribution in [-0.2, 0) is 0 Å². The van der Waals surface area contributed by atoms with Crippen molar-refractivity contribution in [1.82, 2.24) is 0 Å². The maximum absolute atomic E-state index is 13.6. The average molecular weight is 255 g/mol. The van der Waals surface area contributed by atoms with Gasteiger partial charge in [0.1, 0.15) is 5.82 Å². The average Bonchev–Trinajstić information content (AvgIpc) is 2.36. The first-order chi connectivity index (χ1) is 8.43. The summed E-state index contributed by atoms with van der Waals surface area (Å²) in [5.41, 5.74) is -1.17. The van der Waals surface area contributed by atoms with Crippen molar-refractivity contribution in [1.29, 1.82) is 0 Å². The Kier molecular flexibility index (Phi) is 4.67. The molecule has 0 heterocycles. The maximum atomic E-state index is 13.6. The lowest BCUT2D eigenvalue weighted by molar-refractivity contribution is 0.0455. The monoisotopic (exact) mass is 255 g/mol. The minimum Gasteiger partial charge on any atom is -0.478 e. The molecule has 0 fully saturated rings. The highest BCUT2D eigenvalue weighted by Crippen LogP contribution is 2.22. The molecule has 100 valence electrons. The number of hydrogen-bond acceptors (Lipinski definition) is 3. The van der Waals surface area contributed by atoms with Crippen LogP contribution in [-0.4, -0.2) is 28.3 Å². The van der Waals surface area contributed by atoms with Crippen molar-refractivity contribution >= 4 is 11.7 Å². The second-order valence-corrected chi connectivity index (χ2v) is 4.25. The molecule has 18 heavy (non-hydrogen) atoms. The van der Waals surface area contributed by atoms with Gasteiger partial charge in [-0.1, -0.05) is 19.9 Å². The van der Waals surface area contributed by atoms with Crippen molar-refractivity contribution in [3.05, 3.63) is 29.6 Å². The lowest BCUT2D eigenvalue weighted by Crippen LogP contribution is -2.35. The topological polar surface area (TPSA) is 69.6 Å². The summed E-state index contributed by atoms with van der Waals surface area (Å²) < 4.78 is 13.6. The number of carbonyl (C=O) groups is 1. The third kappa shape index (κ3) is 3.20. The van der Waals surface area contributed by atoms with E-state index in [-0.39, 0.29) is 17.8 Å². The van der Waals surface area contributed by atoms with Gasteiger partial charge in [0.25, 0.3) is 0 Å². The number of anilines is 1. The highest BCUT2D eigenvalue weighted by Gasteiger charge is 2.23. The number of carboxylic acid groups (broad SMARTS) is 1. The fourth-order valence-electron chi connectivity index (χ4n) is 1.63. The largest absolute Gasteiger partial charge is 0.478 e. The van der Waals surface area contributed by atoms with E-state index >= 15 is 0 Å². The van der Waals surface area contributed by atoms with E-state index in [9.17, 15) is 14.3 Å². The Morgan fingerprint density at radius 1 is 1.39 bits per heavy atom. The van der Waals surface area contributed by atoms with Crippen LogP contribution >= 0.6 is 0 Å². The number of rotatable bonds is 6. The summed E-state index contributed by atoms with van der Waals surface area (Å²) in [7, 11) is 0. The first kappa shape index (κ1) is 14.4. The molecule has 0 bridgehead atoms. The van der Waals surface area contributed by atoms with Gasteiger partial charge in [-0.05, 0) is 25.0 Å². The quantitative estimate of drug-likeness (QED) is 0.730. The maximum Gasteiger partial charge on any atom is 0.337 e. The Hall–Kier alpha value is -1.62. The van der Waals surface area contributed by atoms with E-state index in [1.807, 2.05) is 13.8 Å². The van der Waals surface area contributed by atoms with Crippen molar-refractivity contribution in [3.63, 3.8) is 0 Å². The van der Waals surface area contributed by atoms with Gasteiger partial charge in [0, 0.05) is 6.54 Å². The highest BCUT2D eigenvalue weighted by molar-refractivity contribution is 5.94. The Morgan fingerprint density at radius 2 is 2.00 bits per heavy atom. The van der Waals surface area contributed by atoms with E-state index in [0.29, 0.717) is 12.8 Å². The van der Waals surface area contributed by atoms with Gasteiger partial charge in [-0.2, -0.15) is 0 Å². The van der Waals surface area contributed by atoms with Crippen LogP contribution in [0.1, 0.15) is 37.0 Å². The van der Waals surface area contributed by atoms with Crippen LogP contribution in [0.5, 0.6) is 0 Å². The van der Waals surface area contributed by atoms with Gasteiger partial charge >= 0.3 is 5.97 Å². The second-order valence-electron chi connectivity index (χ2n) is 4.25. The second kappa shape index (κ2) is 5.82. The Bertz CT molecular complexity index is 430. The summed E-state index contributed by atoms with van der Waals surface area (Å²) >= 11 is 0. The smallest absolute Gasteiger partial charge is 0.337 e. The van der Waals surface area contributed by atoms with Gasteiger partial charge in [0.2, 0.25) is 0 Å². The molecule has 3 N–H and O–H groups in total. The molecule has 0 aliphatic rings. The SMILES string of the molecule is CCC(O)(CC)CNc1c(F)cccc1C(=O)O. The number of hydrogen-bond donors (Lipinski definition) is 3. The fourth-order valence-corrected chi connectivity index (χ4v) is 1.63. The summed E-state index contributed by atoms with van der Waals surface area (Å²) in [4.78, 5) is 11.0. The minimum atomic E-state index is -1.20. The third-order valence-electron chi connectivity index (χ3n) is 3.15. The molecular weight excluding hydrogens is 237 g/mol. The van der Waals surface area contributed by atoms with Gasteiger partial charge in [-0.15, -0.1) is 0 Å². The number of aromatic carboxylic acids is 1. The molecule has 0 aliphatic carbocycles. The van der Waals surface area contributed by atoms with E-state index in [2.05, 4.69) is 5.32 Å². The Morgan fingerprint density at radius 3 is 2.50 bits per heavy atom. The van der Waals surface area contributed by atoms with Crippen molar-refractivity contribution in [2.45, 2.75) is 32.3 Å². The molecule has 0 saturated carbocycles. The van der Waals surface area contributed by atoms with Crippen LogP contribution in [0.15, 0.2) is 18.2 Å². The van der Waals surface area contributed by atoms with E-state index in [1.165, 1.54) is 18.2 Å². The predicted octanol–water partition coefficient (Wildman–Crippen LogP) is 2.49. The molecule has 0 aromatic heterocycles. The number of aliphatic hydroxyl groups is 1. The summed E-state index contributed by atoms with van der Waals surface area (Å²) in [6.45, 7) is 3.76. The summed E-state index contributed by atoms with van der Waals surface area (Å²) in [5, 5.41) is 21.7. The molecule has 4 nitrogen and oxygen atoms in total. The molecule has 1 aromatic rings. The number of halogens is 1. The zero-order valence-electron chi connectivity index (χ0n) is 10.5. The lowest BCUT2D eigenvalue weighted by Gasteiger charge is -2.26.